The first kappa shape index (κ1) is 22.6. The fraction of sp³-hybridized carbons (Fsp3) is 1.00. The van der Waals surface area contributed by atoms with E-state index in [-0.39, 0.29) is 23.3 Å². The predicted octanol–water partition coefficient (Wildman–Crippen LogP) is 4.78. The maximum absolute atomic E-state index is 12.7. The molecule has 0 spiro atoms. The Morgan fingerprint density at radius 2 is 1.05 bits per heavy atom. The third-order valence-corrected chi connectivity index (χ3v) is 11.2. The average molecular weight is 609 g/mol. The Kier molecular flexibility index (Phi) is 9.71. The molecule has 0 aliphatic carbocycles. The second kappa shape index (κ2) is 8.60. The number of alkyl halides is 6. The normalized spacial score (nSPS) is 15.9. The molecule has 0 amide bonds. The molecule has 0 saturated heterocycles. The Labute approximate surface area is 163 Å². The Hall–Kier alpha value is 2.57. The number of rotatable bonds is 10. The summed E-state index contributed by atoms with van der Waals surface area (Å²) in [6, 6.07) is 0. The van der Waals surface area contributed by atoms with Crippen molar-refractivity contribution in [3.8, 4) is 0 Å². The fourth-order valence-corrected chi connectivity index (χ4v) is 11.1. The highest BCUT2D eigenvalue weighted by Crippen LogP contribution is 2.39. The van der Waals surface area contributed by atoms with Crippen molar-refractivity contribution >= 4 is 96.5 Å². The molecule has 0 aliphatic rings. The van der Waals surface area contributed by atoms with Crippen LogP contribution in [-0.2, 0) is 9.63 Å². The summed E-state index contributed by atoms with van der Waals surface area (Å²) in [5.74, 6) is -0.309. The molecule has 0 rings (SSSR count). The van der Waals surface area contributed by atoms with Crippen molar-refractivity contribution in [1.29, 1.82) is 0 Å². The zero-order valence-corrected chi connectivity index (χ0v) is 19.3. The molecule has 2 N–H and O–H groups in total. The maximum Gasteiger partial charge on any atom is 0.0838 e. The van der Waals surface area contributed by atoms with Crippen LogP contribution in [0.1, 0.15) is 0 Å². The van der Waals surface area contributed by atoms with E-state index >= 15 is 0 Å². The molecule has 0 saturated carbocycles. The minimum Gasteiger partial charge on any atom is -0.308 e. The first-order valence-electron chi connectivity index (χ1n) is 5.54. The van der Waals surface area contributed by atoms with Gasteiger partial charge in [0.25, 0.3) is 0 Å². The average Bonchev–Trinajstić information content (AvgIpc) is 2.42. The van der Waals surface area contributed by atoms with Crippen molar-refractivity contribution in [3.05, 3.63) is 0 Å². The van der Waals surface area contributed by atoms with Gasteiger partial charge in [-0.15, -0.1) is 23.2 Å². The van der Waals surface area contributed by atoms with E-state index in [9.17, 15) is 13.3 Å². The maximum atomic E-state index is 12.7. The Morgan fingerprint density at radius 1 is 0.800 bits per heavy atom. The first-order valence-corrected chi connectivity index (χ1v) is 13.3. The second-order valence-electron chi connectivity index (χ2n) is 5.28. The molecule has 0 bridgehead atoms. The van der Waals surface area contributed by atoms with Gasteiger partial charge < -0.3 is 9.11 Å². The topological polar surface area (TPSA) is 57.5 Å². The quantitative estimate of drug-likeness (QED) is 0.351. The van der Waals surface area contributed by atoms with Gasteiger partial charge in [0.2, 0.25) is 0 Å². The first-order chi connectivity index (χ1) is 9.05. The van der Waals surface area contributed by atoms with Crippen molar-refractivity contribution in [2.75, 3.05) is 44.6 Å². The van der Waals surface area contributed by atoms with E-state index in [2.05, 4.69) is 63.7 Å². The highest BCUT2D eigenvalue weighted by molar-refractivity contribution is 9.10. The molecule has 0 radical (unpaired) electrons. The molecular formula is C10H18Br4Cl2O3S. The van der Waals surface area contributed by atoms with Gasteiger partial charge in [0.15, 0.2) is 0 Å². The minimum atomic E-state index is -4.85. The number of hydrogen-bond donors (Lipinski definition) is 2. The van der Waals surface area contributed by atoms with Crippen molar-refractivity contribution < 1.29 is 13.3 Å². The third kappa shape index (κ3) is 6.59. The molecule has 10 heteroatoms. The van der Waals surface area contributed by atoms with Gasteiger partial charge in [-0.3, -0.25) is 0 Å². The Bertz CT molecular complexity index is 325. The van der Waals surface area contributed by atoms with Crippen LogP contribution in [-0.4, -0.2) is 57.9 Å². The van der Waals surface area contributed by atoms with Crippen LogP contribution < -0.4 is 0 Å². The van der Waals surface area contributed by atoms with Crippen LogP contribution in [0.5, 0.6) is 0 Å². The summed E-state index contributed by atoms with van der Waals surface area (Å²) in [5.41, 5.74) is -1.41. The summed E-state index contributed by atoms with van der Waals surface area (Å²) in [4.78, 5) is 0. The Morgan fingerprint density at radius 3 is 1.20 bits per heavy atom. The fourth-order valence-electron chi connectivity index (χ4n) is 1.73. The van der Waals surface area contributed by atoms with E-state index in [0.29, 0.717) is 21.3 Å². The largest absolute Gasteiger partial charge is 0.308 e. The van der Waals surface area contributed by atoms with Gasteiger partial charge in [-0.05, 0) is 0 Å². The van der Waals surface area contributed by atoms with Crippen LogP contribution in [0.2, 0.25) is 0 Å². The summed E-state index contributed by atoms with van der Waals surface area (Å²) in [6.07, 6.45) is 0. The van der Waals surface area contributed by atoms with E-state index in [1.165, 1.54) is 0 Å². The van der Waals surface area contributed by atoms with Gasteiger partial charge in [0, 0.05) is 43.9 Å². The van der Waals surface area contributed by atoms with Crippen LogP contribution >= 0.6 is 86.9 Å². The summed E-state index contributed by atoms with van der Waals surface area (Å²) in [6.45, 7) is 0. The summed E-state index contributed by atoms with van der Waals surface area (Å²) in [7, 11) is -4.85. The SMILES string of the molecule is O=S(O)(O)(CC(CCl)(CBr)CBr)CC(CCl)(CBr)CBr. The lowest BCUT2D eigenvalue weighted by atomic mass is 9.99. The van der Waals surface area contributed by atoms with Crippen molar-refractivity contribution in [3.63, 3.8) is 0 Å². The van der Waals surface area contributed by atoms with E-state index in [0.717, 1.165) is 0 Å². The standard InChI is InChI=1S/C10H18Br4Cl2O3S/c11-1-9(2-12,5-15)7-20(17,18,19)8-10(3-13,4-14)6-16/h1-8H2,(H2,17,18,19). The van der Waals surface area contributed by atoms with E-state index in [4.69, 9.17) is 23.2 Å². The highest BCUT2D eigenvalue weighted by Gasteiger charge is 2.47. The van der Waals surface area contributed by atoms with Gasteiger partial charge in [-0.1, -0.05) is 63.7 Å². The molecule has 20 heavy (non-hydrogen) atoms. The monoisotopic (exact) mass is 604 g/mol. The molecule has 0 heterocycles. The summed E-state index contributed by atoms with van der Waals surface area (Å²) < 4.78 is 33.4. The van der Waals surface area contributed by atoms with Crippen molar-refractivity contribution in [2.24, 2.45) is 10.8 Å². The van der Waals surface area contributed by atoms with E-state index in [1.54, 1.807) is 0 Å². The summed E-state index contributed by atoms with van der Waals surface area (Å²) >= 11 is 25.0. The predicted molar refractivity (Wildman–Crippen MR) is 105 cm³/mol. The molecule has 124 valence electrons. The van der Waals surface area contributed by atoms with Gasteiger partial charge >= 0.3 is 0 Å². The molecule has 0 atom stereocenters. The van der Waals surface area contributed by atoms with E-state index in [1.807, 2.05) is 0 Å². The Balaban J connectivity index is 5.40. The van der Waals surface area contributed by atoms with Crippen LogP contribution in [0.3, 0.4) is 0 Å². The molecule has 0 aromatic heterocycles. The molecule has 0 aliphatic heterocycles. The van der Waals surface area contributed by atoms with Crippen LogP contribution in [0.25, 0.3) is 0 Å². The molecule has 3 nitrogen and oxygen atoms in total. The number of halogens is 6. The van der Waals surface area contributed by atoms with Crippen LogP contribution in [0, 0.1) is 10.8 Å². The van der Waals surface area contributed by atoms with Gasteiger partial charge in [0.05, 0.1) is 21.1 Å². The molecular weight excluding hydrogens is 591 g/mol. The zero-order valence-electron chi connectivity index (χ0n) is 10.6. The lowest BCUT2D eigenvalue weighted by Crippen LogP contribution is -2.54. The lowest BCUT2D eigenvalue weighted by Gasteiger charge is -2.44. The van der Waals surface area contributed by atoms with E-state index < -0.39 is 20.5 Å². The van der Waals surface area contributed by atoms with Crippen molar-refractivity contribution in [2.45, 2.75) is 0 Å². The highest BCUT2D eigenvalue weighted by atomic mass is 79.9. The lowest BCUT2D eigenvalue weighted by molar-refractivity contribution is 0.341. The molecule has 0 fully saturated rings. The second-order valence-corrected chi connectivity index (χ2v) is 11.0. The van der Waals surface area contributed by atoms with Crippen LogP contribution in [0.4, 0.5) is 0 Å². The van der Waals surface area contributed by atoms with Gasteiger partial charge in [-0.2, -0.15) is 0 Å². The number of hydrogen-bond acceptors (Lipinski definition) is 1. The zero-order chi connectivity index (χ0) is 16.1. The van der Waals surface area contributed by atoms with Crippen LogP contribution in [0.15, 0.2) is 0 Å². The smallest absolute Gasteiger partial charge is 0.0838 e. The van der Waals surface area contributed by atoms with Crippen molar-refractivity contribution in [1.82, 2.24) is 0 Å². The summed E-state index contributed by atoms with van der Waals surface area (Å²) in [5, 5.41) is 1.61. The third-order valence-electron chi connectivity index (χ3n) is 2.89. The molecule has 0 aromatic rings. The van der Waals surface area contributed by atoms with Gasteiger partial charge in [-0.25, -0.2) is 4.21 Å². The molecule has 0 aromatic carbocycles. The minimum absolute atomic E-state index is 0.148. The van der Waals surface area contributed by atoms with Gasteiger partial charge in [0.1, 0.15) is 0 Å². The molecule has 0 unspecified atom stereocenters.